The molecule has 4 nitrogen and oxygen atoms in total. The monoisotopic (exact) mass is 318 g/mol. The highest BCUT2D eigenvalue weighted by atomic mass is 16.3. The lowest BCUT2D eigenvalue weighted by molar-refractivity contribution is -0.116. The van der Waals surface area contributed by atoms with E-state index >= 15 is 0 Å². The maximum Gasteiger partial charge on any atom is 0.0879 e. The van der Waals surface area contributed by atoms with E-state index in [1.54, 1.807) is 0 Å². The van der Waals surface area contributed by atoms with Crippen LogP contribution in [0, 0.1) is 17.3 Å². The number of hydrogen-bond donors (Lipinski definition) is 4. The number of rotatable bonds is 13. The van der Waals surface area contributed by atoms with Gasteiger partial charge >= 0.3 is 0 Å². The van der Waals surface area contributed by atoms with E-state index in [1.165, 1.54) is 0 Å². The van der Waals surface area contributed by atoms with Gasteiger partial charge in [0.25, 0.3) is 0 Å². The molecule has 0 aromatic heterocycles. The predicted molar refractivity (Wildman–Crippen MR) is 90.6 cm³/mol. The van der Waals surface area contributed by atoms with Crippen LogP contribution < -0.4 is 0 Å². The van der Waals surface area contributed by atoms with Gasteiger partial charge < -0.3 is 20.4 Å². The van der Waals surface area contributed by atoms with Crippen molar-refractivity contribution in [3.8, 4) is 0 Å². The topological polar surface area (TPSA) is 80.9 Å². The van der Waals surface area contributed by atoms with Gasteiger partial charge in [-0.15, -0.1) is 0 Å². The zero-order chi connectivity index (χ0) is 17.2. The molecule has 5 unspecified atom stereocenters. The molecule has 0 heterocycles. The third-order valence-electron chi connectivity index (χ3n) is 5.48. The standard InChI is InChI=1S/C18H38O4/c1-5-9-10-18(8-4,13-20)17(22)16(21)15(7-3)11-14(6-2)12-19/h14-17,19-22H,5-13H2,1-4H3. The van der Waals surface area contributed by atoms with Crippen LogP contribution in [-0.2, 0) is 0 Å². The average molecular weight is 318 g/mol. The van der Waals surface area contributed by atoms with Crippen molar-refractivity contribution in [2.75, 3.05) is 13.2 Å². The van der Waals surface area contributed by atoms with E-state index in [4.69, 9.17) is 0 Å². The van der Waals surface area contributed by atoms with E-state index in [-0.39, 0.29) is 25.0 Å². The lowest BCUT2D eigenvalue weighted by Gasteiger charge is -2.41. The van der Waals surface area contributed by atoms with Gasteiger partial charge in [-0.05, 0) is 31.1 Å². The van der Waals surface area contributed by atoms with Gasteiger partial charge in [0, 0.05) is 12.0 Å². The van der Waals surface area contributed by atoms with Crippen LogP contribution in [0.1, 0.15) is 72.6 Å². The van der Waals surface area contributed by atoms with Crippen LogP contribution in [0.5, 0.6) is 0 Å². The number of aliphatic hydroxyl groups is 4. The molecule has 0 spiro atoms. The summed E-state index contributed by atoms with van der Waals surface area (Å²) in [6, 6.07) is 0. The molecule has 134 valence electrons. The van der Waals surface area contributed by atoms with Crippen molar-refractivity contribution in [1.82, 2.24) is 0 Å². The second-order valence-corrected chi connectivity index (χ2v) is 6.77. The predicted octanol–water partition coefficient (Wildman–Crippen LogP) is 2.72. The Morgan fingerprint density at radius 3 is 1.95 bits per heavy atom. The van der Waals surface area contributed by atoms with Crippen molar-refractivity contribution in [3.63, 3.8) is 0 Å². The summed E-state index contributed by atoms with van der Waals surface area (Å²) in [7, 11) is 0. The van der Waals surface area contributed by atoms with Gasteiger partial charge in [-0.3, -0.25) is 0 Å². The van der Waals surface area contributed by atoms with Gasteiger partial charge in [-0.1, -0.05) is 53.4 Å². The molecule has 4 heteroatoms. The first-order chi connectivity index (χ1) is 10.5. The number of hydrogen-bond acceptors (Lipinski definition) is 4. The van der Waals surface area contributed by atoms with Crippen molar-refractivity contribution in [2.45, 2.75) is 84.8 Å². The maximum absolute atomic E-state index is 10.7. The molecule has 0 rings (SSSR count). The van der Waals surface area contributed by atoms with Crippen LogP contribution in [0.2, 0.25) is 0 Å². The normalized spacial score (nSPS) is 20.2. The molecule has 0 aromatic rings. The molecule has 0 saturated carbocycles. The highest BCUT2D eigenvalue weighted by molar-refractivity contribution is 4.91. The second kappa shape index (κ2) is 11.4. The summed E-state index contributed by atoms with van der Waals surface area (Å²) in [4.78, 5) is 0. The lowest BCUT2D eigenvalue weighted by Crippen LogP contribution is -2.48. The minimum absolute atomic E-state index is 0.0498. The molecule has 0 fully saturated rings. The first kappa shape index (κ1) is 21.8. The minimum Gasteiger partial charge on any atom is -0.396 e. The van der Waals surface area contributed by atoms with Crippen LogP contribution in [0.15, 0.2) is 0 Å². The summed E-state index contributed by atoms with van der Waals surface area (Å²) in [5, 5.41) is 40.6. The summed E-state index contributed by atoms with van der Waals surface area (Å²) < 4.78 is 0. The summed E-state index contributed by atoms with van der Waals surface area (Å²) >= 11 is 0. The molecular weight excluding hydrogens is 280 g/mol. The van der Waals surface area contributed by atoms with Crippen LogP contribution >= 0.6 is 0 Å². The van der Waals surface area contributed by atoms with Crippen LogP contribution in [0.25, 0.3) is 0 Å². The Balaban J connectivity index is 5.04. The van der Waals surface area contributed by atoms with Gasteiger partial charge in [0.1, 0.15) is 0 Å². The van der Waals surface area contributed by atoms with Crippen molar-refractivity contribution < 1.29 is 20.4 Å². The minimum atomic E-state index is -0.921. The Morgan fingerprint density at radius 2 is 1.59 bits per heavy atom. The molecule has 4 N–H and O–H groups in total. The first-order valence-corrected chi connectivity index (χ1v) is 9.03. The van der Waals surface area contributed by atoms with Gasteiger partial charge in [0.15, 0.2) is 0 Å². The molecule has 5 atom stereocenters. The van der Waals surface area contributed by atoms with Crippen LogP contribution in [0.4, 0.5) is 0 Å². The van der Waals surface area contributed by atoms with E-state index in [9.17, 15) is 20.4 Å². The fourth-order valence-corrected chi connectivity index (χ4v) is 3.31. The molecule has 22 heavy (non-hydrogen) atoms. The second-order valence-electron chi connectivity index (χ2n) is 6.77. The van der Waals surface area contributed by atoms with Crippen molar-refractivity contribution in [1.29, 1.82) is 0 Å². The summed E-state index contributed by atoms with van der Waals surface area (Å²) in [5.41, 5.74) is -0.621. The number of aliphatic hydroxyl groups excluding tert-OH is 4. The fraction of sp³-hybridized carbons (Fsp3) is 1.00. The largest absolute Gasteiger partial charge is 0.396 e. The van der Waals surface area contributed by atoms with Gasteiger partial charge in [-0.25, -0.2) is 0 Å². The summed E-state index contributed by atoms with van der Waals surface area (Å²) in [6.45, 7) is 8.10. The molecule has 0 aromatic carbocycles. The van der Waals surface area contributed by atoms with Gasteiger partial charge in [-0.2, -0.15) is 0 Å². The van der Waals surface area contributed by atoms with Crippen LogP contribution in [0.3, 0.4) is 0 Å². The summed E-state index contributed by atoms with van der Waals surface area (Å²) in [5.74, 6) is 0.110. The molecule has 0 aliphatic carbocycles. The van der Waals surface area contributed by atoms with E-state index in [0.717, 1.165) is 32.1 Å². The highest BCUT2D eigenvalue weighted by Gasteiger charge is 2.41. The smallest absolute Gasteiger partial charge is 0.0879 e. The third kappa shape index (κ3) is 5.80. The van der Waals surface area contributed by atoms with Crippen LogP contribution in [-0.4, -0.2) is 45.8 Å². The molecule has 0 aliphatic rings. The molecule has 0 radical (unpaired) electrons. The van der Waals surface area contributed by atoms with Crippen molar-refractivity contribution in [3.05, 3.63) is 0 Å². The SMILES string of the molecule is CCCCC(CC)(CO)C(O)C(O)C(CC)CC(CC)CO. The van der Waals surface area contributed by atoms with Gasteiger partial charge in [0.05, 0.1) is 18.8 Å². The highest BCUT2D eigenvalue weighted by Crippen LogP contribution is 2.37. The summed E-state index contributed by atoms with van der Waals surface area (Å²) in [6.07, 6.45) is 3.87. The fourth-order valence-electron chi connectivity index (χ4n) is 3.31. The molecule has 0 saturated heterocycles. The zero-order valence-electron chi connectivity index (χ0n) is 15.0. The Labute approximate surface area is 136 Å². The Hall–Kier alpha value is -0.160. The quantitative estimate of drug-likeness (QED) is 0.421. The van der Waals surface area contributed by atoms with Crippen molar-refractivity contribution >= 4 is 0 Å². The average Bonchev–Trinajstić information content (AvgIpc) is 2.56. The third-order valence-corrected chi connectivity index (χ3v) is 5.48. The Bertz CT molecular complexity index is 262. The lowest BCUT2D eigenvalue weighted by atomic mass is 9.70. The Morgan fingerprint density at radius 1 is 0.955 bits per heavy atom. The van der Waals surface area contributed by atoms with Crippen molar-refractivity contribution in [2.24, 2.45) is 17.3 Å². The zero-order valence-corrected chi connectivity index (χ0v) is 15.0. The van der Waals surface area contributed by atoms with Gasteiger partial charge in [0.2, 0.25) is 0 Å². The van der Waals surface area contributed by atoms with E-state index in [1.807, 2.05) is 20.8 Å². The molecule has 0 bridgehead atoms. The van der Waals surface area contributed by atoms with E-state index < -0.39 is 17.6 Å². The van der Waals surface area contributed by atoms with E-state index in [0.29, 0.717) is 12.8 Å². The molecule has 0 amide bonds. The van der Waals surface area contributed by atoms with E-state index in [2.05, 4.69) is 6.92 Å². The molecular formula is C18H38O4. The number of unbranched alkanes of at least 4 members (excludes halogenated alkanes) is 1. The Kier molecular flexibility index (Phi) is 11.3. The first-order valence-electron chi connectivity index (χ1n) is 9.03. The molecule has 0 aliphatic heterocycles. The maximum atomic E-state index is 10.7.